The van der Waals surface area contributed by atoms with Crippen LogP contribution in [0.25, 0.3) is 0 Å². The molecule has 3 aliphatic heterocycles. The fraction of sp³-hybridized carbons (Fsp3) is 0.333. The van der Waals surface area contributed by atoms with Gasteiger partial charge in [0.1, 0.15) is 5.60 Å². The molecule has 0 aromatic heterocycles. The van der Waals surface area contributed by atoms with E-state index in [2.05, 4.69) is 5.32 Å². The Morgan fingerprint density at radius 3 is 2.41 bits per heavy atom. The Kier molecular flexibility index (Phi) is 4.10. The van der Waals surface area contributed by atoms with Crippen LogP contribution in [0.5, 0.6) is 0 Å². The SMILES string of the molecule is C[C@]12C=CC3(CN(Cc4ccccc4)C(=O)[C@@H]3C1C(=O)NCc1ccccc1)O2. The average Bonchev–Trinajstić information content (AvgIpc) is 3.30. The third-order valence-corrected chi connectivity index (χ3v) is 6.41. The maximum atomic E-state index is 13.3. The fourth-order valence-corrected chi connectivity index (χ4v) is 5.08. The van der Waals surface area contributed by atoms with Crippen LogP contribution in [-0.4, -0.2) is 34.5 Å². The number of nitrogens with zero attached hydrogens (tertiary/aromatic N) is 1. The summed E-state index contributed by atoms with van der Waals surface area (Å²) in [6.07, 6.45) is 3.97. The van der Waals surface area contributed by atoms with Gasteiger partial charge in [-0.25, -0.2) is 0 Å². The maximum absolute atomic E-state index is 13.3. The highest BCUT2D eigenvalue weighted by atomic mass is 16.5. The van der Waals surface area contributed by atoms with Crippen molar-refractivity contribution in [3.05, 3.63) is 83.9 Å². The topological polar surface area (TPSA) is 58.6 Å². The monoisotopic (exact) mass is 388 g/mol. The van der Waals surface area contributed by atoms with Gasteiger partial charge in [0, 0.05) is 13.1 Å². The second-order valence-electron chi connectivity index (χ2n) is 8.41. The molecular formula is C24H24N2O3. The van der Waals surface area contributed by atoms with Gasteiger partial charge >= 0.3 is 0 Å². The second-order valence-corrected chi connectivity index (χ2v) is 8.41. The minimum Gasteiger partial charge on any atom is -0.357 e. The van der Waals surface area contributed by atoms with E-state index in [9.17, 15) is 9.59 Å². The predicted molar refractivity (Wildman–Crippen MR) is 108 cm³/mol. The third kappa shape index (κ3) is 2.88. The fourth-order valence-electron chi connectivity index (χ4n) is 5.08. The lowest BCUT2D eigenvalue weighted by atomic mass is 9.72. The summed E-state index contributed by atoms with van der Waals surface area (Å²) < 4.78 is 6.36. The van der Waals surface area contributed by atoms with Crippen LogP contribution in [0.3, 0.4) is 0 Å². The van der Waals surface area contributed by atoms with Crippen molar-refractivity contribution >= 4 is 11.8 Å². The number of ether oxygens (including phenoxy) is 1. The van der Waals surface area contributed by atoms with Crippen LogP contribution < -0.4 is 5.32 Å². The highest BCUT2D eigenvalue weighted by Gasteiger charge is 2.71. The van der Waals surface area contributed by atoms with Crippen LogP contribution in [0.15, 0.2) is 72.8 Å². The van der Waals surface area contributed by atoms with Gasteiger partial charge in [0.25, 0.3) is 0 Å². The van der Waals surface area contributed by atoms with Crippen molar-refractivity contribution in [2.24, 2.45) is 11.8 Å². The van der Waals surface area contributed by atoms with E-state index >= 15 is 0 Å². The van der Waals surface area contributed by atoms with E-state index in [0.29, 0.717) is 19.6 Å². The van der Waals surface area contributed by atoms with Gasteiger partial charge in [-0.05, 0) is 18.1 Å². The summed E-state index contributed by atoms with van der Waals surface area (Å²) in [5, 5.41) is 3.02. The molecule has 2 unspecified atom stereocenters. The largest absolute Gasteiger partial charge is 0.357 e. The first-order valence-corrected chi connectivity index (χ1v) is 10.1. The molecule has 0 aliphatic carbocycles. The predicted octanol–water partition coefficient (Wildman–Crippen LogP) is 2.68. The number of fused-ring (bicyclic) bond motifs is 1. The van der Waals surface area contributed by atoms with Crippen LogP contribution in [0.4, 0.5) is 0 Å². The number of hydrogen-bond donors (Lipinski definition) is 1. The summed E-state index contributed by atoms with van der Waals surface area (Å²) in [6.45, 7) is 3.37. The van der Waals surface area contributed by atoms with Crippen LogP contribution >= 0.6 is 0 Å². The van der Waals surface area contributed by atoms with Crippen molar-refractivity contribution in [2.75, 3.05) is 6.54 Å². The zero-order valence-electron chi connectivity index (χ0n) is 16.4. The molecule has 0 radical (unpaired) electrons. The molecule has 2 aromatic rings. The van der Waals surface area contributed by atoms with Crippen molar-refractivity contribution < 1.29 is 14.3 Å². The van der Waals surface area contributed by atoms with E-state index in [1.807, 2.05) is 84.6 Å². The number of hydrogen-bond acceptors (Lipinski definition) is 3. The average molecular weight is 388 g/mol. The normalized spacial score (nSPS) is 31.9. The molecule has 2 amide bonds. The van der Waals surface area contributed by atoms with Crippen molar-refractivity contribution in [1.82, 2.24) is 10.2 Å². The van der Waals surface area contributed by atoms with Crippen LogP contribution in [-0.2, 0) is 27.4 Å². The van der Waals surface area contributed by atoms with Gasteiger partial charge in [-0.1, -0.05) is 72.8 Å². The summed E-state index contributed by atoms with van der Waals surface area (Å²) in [7, 11) is 0. The molecular weight excluding hydrogens is 364 g/mol. The lowest BCUT2D eigenvalue weighted by Crippen LogP contribution is -2.47. The molecule has 5 rings (SSSR count). The van der Waals surface area contributed by atoms with Gasteiger partial charge in [-0.3, -0.25) is 9.59 Å². The Bertz CT molecular complexity index is 974. The first-order valence-electron chi connectivity index (χ1n) is 10.1. The van der Waals surface area contributed by atoms with E-state index in [1.165, 1.54) is 0 Å². The Hall–Kier alpha value is -2.92. The van der Waals surface area contributed by atoms with Crippen LogP contribution in [0.2, 0.25) is 0 Å². The standard InChI is InChI=1S/C24H24N2O3/c1-23-12-13-24(29-23)16-26(15-18-10-6-3-7-11-18)22(28)20(24)19(23)21(27)25-14-17-8-4-2-5-9-17/h2-13,19-20H,14-16H2,1H3,(H,25,27)/t19?,20-,23-,24?/m0/s1. The van der Waals surface area contributed by atoms with Gasteiger partial charge in [0.2, 0.25) is 11.8 Å². The van der Waals surface area contributed by atoms with Crippen LogP contribution in [0, 0.1) is 11.8 Å². The highest BCUT2D eigenvalue weighted by molar-refractivity contribution is 5.93. The molecule has 148 valence electrons. The molecule has 5 nitrogen and oxygen atoms in total. The minimum atomic E-state index is -0.736. The molecule has 2 fully saturated rings. The second kappa shape index (κ2) is 6.56. The van der Waals surface area contributed by atoms with Gasteiger partial charge in [-0.15, -0.1) is 0 Å². The van der Waals surface area contributed by atoms with Gasteiger partial charge in [0.15, 0.2) is 0 Å². The number of carbonyl (C=O) groups excluding carboxylic acids is 2. The Morgan fingerprint density at radius 2 is 1.72 bits per heavy atom. The molecule has 2 saturated heterocycles. The number of carbonyl (C=O) groups is 2. The number of benzene rings is 2. The van der Waals surface area contributed by atoms with E-state index in [1.54, 1.807) is 0 Å². The molecule has 5 heteroatoms. The number of amides is 2. The smallest absolute Gasteiger partial charge is 0.230 e. The summed E-state index contributed by atoms with van der Waals surface area (Å²) in [5.74, 6) is -1.12. The summed E-state index contributed by atoms with van der Waals surface area (Å²) in [5.41, 5.74) is 0.672. The first-order chi connectivity index (χ1) is 14.0. The van der Waals surface area contributed by atoms with E-state index in [-0.39, 0.29) is 11.8 Å². The molecule has 1 N–H and O–H groups in total. The minimum absolute atomic E-state index is 0.00166. The van der Waals surface area contributed by atoms with Crippen molar-refractivity contribution in [1.29, 1.82) is 0 Å². The Labute approximate surface area is 170 Å². The van der Waals surface area contributed by atoms with Gasteiger partial charge in [-0.2, -0.15) is 0 Å². The quantitative estimate of drug-likeness (QED) is 0.802. The van der Waals surface area contributed by atoms with E-state index in [0.717, 1.165) is 11.1 Å². The molecule has 2 bridgehead atoms. The Balaban J connectivity index is 1.37. The van der Waals surface area contributed by atoms with Crippen molar-refractivity contribution in [3.8, 4) is 0 Å². The maximum Gasteiger partial charge on any atom is 0.230 e. The molecule has 3 aliphatic rings. The Morgan fingerprint density at radius 1 is 1.07 bits per heavy atom. The van der Waals surface area contributed by atoms with E-state index in [4.69, 9.17) is 4.74 Å². The van der Waals surface area contributed by atoms with E-state index < -0.39 is 23.0 Å². The third-order valence-electron chi connectivity index (χ3n) is 6.41. The number of rotatable bonds is 5. The molecule has 2 aromatic carbocycles. The highest BCUT2D eigenvalue weighted by Crippen LogP contribution is 2.57. The van der Waals surface area contributed by atoms with Crippen molar-refractivity contribution in [2.45, 2.75) is 31.2 Å². The lowest BCUT2D eigenvalue weighted by molar-refractivity contribution is -0.139. The molecule has 4 atom stereocenters. The van der Waals surface area contributed by atoms with Gasteiger partial charge < -0.3 is 15.0 Å². The molecule has 3 heterocycles. The summed E-state index contributed by atoms with van der Waals surface area (Å²) in [4.78, 5) is 28.3. The van der Waals surface area contributed by atoms with Gasteiger partial charge in [0.05, 0.1) is 24.0 Å². The molecule has 29 heavy (non-hydrogen) atoms. The van der Waals surface area contributed by atoms with Crippen molar-refractivity contribution in [3.63, 3.8) is 0 Å². The number of likely N-dealkylation sites (tertiary alicyclic amines) is 1. The number of nitrogens with one attached hydrogen (secondary N) is 1. The first kappa shape index (κ1) is 18.1. The zero-order valence-corrected chi connectivity index (χ0v) is 16.4. The lowest BCUT2D eigenvalue weighted by Gasteiger charge is -2.29. The molecule has 1 spiro atoms. The summed E-state index contributed by atoms with van der Waals surface area (Å²) >= 11 is 0. The zero-order chi connectivity index (χ0) is 20.1. The molecule has 0 saturated carbocycles. The summed E-state index contributed by atoms with van der Waals surface area (Å²) in [6, 6.07) is 19.7. The van der Waals surface area contributed by atoms with Crippen LogP contribution in [0.1, 0.15) is 18.1 Å².